The highest BCUT2D eigenvalue weighted by atomic mass is 32.2. The van der Waals surface area contributed by atoms with Crippen LogP contribution in [0.15, 0.2) is 47.6 Å². The average molecular weight is 357 g/mol. The maximum Gasteiger partial charge on any atom is 0.417 e. The van der Waals surface area contributed by atoms with Crippen molar-refractivity contribution in [2.45, 2.75) is 18.1 Å². The molecule has 0 bridgehead atoms. The standard InChI is InChI=1S/C16H14F3NO3S/c1-2-22-12-5-3-4-6-13(12)23-15(21)10-24-14-8-7-11(9-20-14)16(17,18)19/h3-9H,2,10H2,1H3. The number of carbonyl (C=O) groups is 1. The minimum atomic E-state index is -4.43. The number of esters is 1. The van der Waals surface area contributed by atoms with Gasteiger partial charge in [0.2, 0.25) is 0 Å². The Morgan fingerprint density at radius 3 is 2.46 bits per heavy atom. The van der Waals surface area contributed by atoms with Crippen molar-refractivity contribution in [1.82, 2.24) is 4.98 Å². The number of carbonyl (C=O) groups excluding carboxylic acids is 1. The Hall–Kier alpha value is -2.22. The van der Waals surface area contributed by atoms with Crippen molar-refractivity contribution in [3.05, 3.63) is 48.2 Å². The number of rotatable bonds is 6. The number of para-hydroxylation sites is 2. The average Bonchev–Trinajstić information content (AvgIpc) is 2.55. The monoisotopic (exact) mass is 357 g/mol. The van der Waals surface area contributed by atoms with Crippen molar-refractivity contribution in [1.29, 1.82) is 0 Å². The molecule has 0 N–H and O–H groups in total. The van der Waals surface area contributed by atoms with Crippen LogP contribution in [0.25, 0.3) is 0 Å². The van der Waals surface area contributed by atoms with Crippen LogP contribution in [-0.4, -0.2) is 23.3 Å². The Morgan fingerprint density at radius 1 is 1.17 bits per heavy atom. The number of aromatic nitrogens is 1. The quantitative estimate of drug-likeness (QED) is 0.441. The van der Waals surface area contributed by atoms with Crippen molar-refractivity contribution < 1.29 is 27.4 Å². The van der Waals surface area contributed by atoms with E-state index in [1.165, 1.54) is 6.07 Å². The molecule has 0 aliphatic rings. The van der Waals surface area contributed by atoms with Crippen molar-refractivity contribution in [3.8, 4) is 11.5 Å². The van der Waals surface area contributed by atoms with E-state index < -0.39 is 17.7 Å². The molecule has 0 fully saturated rings. The van der Waals surface area contributed by atoms with E-state index in [0.717, 1.165) is 24.0 Å². The highest BCUT2D eigenvalue weighted by Gasteiger charge is 2.30. The molecule has 4 nitrogen and oxygen atoms in total. The Morgan fingerprint density at radius 2 is 1.88 bits per heavy atom. The van der Waals surface area contributed by atoms with Crippen LogP contribution in [0.4, 0.5) is 13.2 Å². The molecule has 0 aliphatic heterocycles. The molecule has 0 aliphatic carbocycles. The fourth-order valence-electron chi connectivity index (χ4n) is 1.73. The van der Waals surface area contributed by atoms with Gasteiger partial charge in [0.15, 0.2) is 11.5 Å². The summed E-state index contributed by atoms with van der Waals surface area (Å²) in [6.07, 6.45) is -3.70. The summed E-state index contributed by atoms with van der Waals surface area (Å²) < 4.78 is 47.9. The van der Waals surface area contributed by atoms with Crippen molar-refractivity contribution in [3.63, 3.8) is 0 Å². The zero-order valence-corrected chi connectivity index (χ0v) is 13.5. The molecule has 0 atom stereocenters. The molecule has 0 unspecified atom stereocenters. The van der Waals surface area contributed by atoms with E-state index in [4.69, 9.17) is 9.47 Å². The summed E-state index contributed by atoms with van der Waals surface area (Å²) >= 11 is 0.993. The maximum atomic E-state index is 12.4. The van der Waals surface area contributed by atoms with Gasteiger partial charge in [-0.3, -0.25) is 4.79 Å². The van der Waals surface area contributed by atoms with Crippen LogP contribution in [0.3, 0.4) is 0 Å². The molecule has 0 saturated heterocycles. The van der Waals surface area contributed by atoms with Gasteiger partial charge >= 0.3 is 12.1 Å². The van der Waals surface area contributed by atoms with Crippen LogP contribution < -0.4 is 9.47 Å². The second-order valence-electron chi connectivity index (χ2n) is 4.53. The normalized spacial score (nSPS) is 11.2. The molecule has 0 amide bonds. The van der Waals surface area contributed by atoms with E-state index in [2.05, 4.69) is 4.98 Å². The topological polar surface area (TPSA) is 48.4 Å². The summed E-state index contributed by atoms with van der Waals surface area (Å²) in [5.41, 5.74) is -0.833. The van der Waals surface area contributed by atoms with E-state index in [-0.39, 0.29) is 5.75 Å². The minimum Gasteiger partial charge on any atom is -0.490 e. The second-order valence-corrected chi connectivity index (χ2v) is 5.52. The zero-order valence-electron chi connectivity index (χ0n) is 12.7. The van der Waals surface area contributed by atoms with E-state index in [1.54, 1.807) is 24.3 Å². The smallest absolute Gasteiger partial charge is 0.417 e. The van der Waals surface area contributed by atoms with Crippen molar-refractivity contribution >= 4 is 17.7 Å². The van der Waals surface area contributed by atoms with Gasteiger partial charge in [0.05, 0.1) is 22.9 Å². The Bertz CT molecular complexity index is 690. The number of hydrogen-bond acceptors (Lipinski definition) is 5. The van der Waals surface area contributed by atoms with Gasteiger partial charge in [0.25, 0.3) is 0 Å². The first-order chi connectivity index (χ1) is 11.4. The second kappa shape index (κ2) is 8.05. The highest BCUT2D eigenvalue weighted by Crippen LogP contribution is 2.30. The van der Waals surface area contributed by atoms with Crippen LogP contribution in [0.5, 0.6) is 11.5 Å². The van der Waals surface area contributed by atoms with Gasteiger partial charge < -0.3 is 9.47 Å². The van der Waals surface area contributed by atoms with Gasteiger partial charge in [0, 0.05) is 6.20 Å². The van der Waals surface area contributed by atoms with Crippen molar-refractivity contribution in [2.24, 2.45) is 0 Å². The highest BCUT2D eigenvalue weighted by molar-refractivity contribution is 7.99. The summed E-state index contributed by atoms with van der Waals surface area (Å²) in [7, 11) is 0. The third kappa shape index (κ3) is 5.16. The first kappa shape index (κ1) is 18.1. The molecular weight excluding hydrogens is 343 g/mol. The van der Waals surface area contributed by atoms with Crippen LogP contribution >= 0.6 is 11.8 Å². The van der Waals surface area contributed by atoms with Crippen LogP contribution in [0, 0.1) is 0 Å². The lowest BCUT2D eigenvalue weighted by molar-refractivity contribution is -0.138. The molecule has 1 heterocycles. The Kier molecular flexibility index (Phi) is 6.08. The lowest BCUT2D eigenvalue weighted by Crippen LogP contribution is -2.12. The predicted octanol–water partition coefficient (Wildman–Crippen LogP) is 4.20. The molecule has 128 valence electrons. The van der Waals surface area contributed by atoms with E-state index in [1.807, 2.05) is 6.92 Å². The number of nitrogens with zero attached hydrogens (tertiary/aromatic N) is 1. The van der Waals surface area contributed by atoms with Gasteiger partial charge in [-0.1, -0.05) is 23.9 Å². The summed E-state index contributed by atoms with van der Waals surface area (Å²) in [6, 6.07) is 8.87. The molecule has 0 radical (unpaired) electrons. The molecule has 8 heteroatoms. The summed E-state index contributed by atoms with van der Waals surface area (Å²) in [4.78, 5) is 15.5. The largest absolute Gasteiger partial charge is 0.490 e. The predicted molar refractivity (Wildman–Crippen MR) is 83.2 cm³/mol. The molecule has 0 saturated carbocycles. The van der Waals surface area contributed by atoms with Crippen molar-refractivity contribution in [2.75, 3.05) is 12.4 Å². The molecule has 2 rings (SSSR count). The van der Waals surface area contributed by atoms with Gasteiger partial charge in [-0.25, -0.2) is 4.98 Å². The van der Waals surface area contributed by atoms with Gasteiger partial charge in [-0.05, 0) is 31.2 Å². The SMILES string of the molecule is CCOc1ccccc1OC(=O)CSc1ccc(C(F)(F)F)cn1. The zero-order chi connectivity index (χ0) is 17.6. The first-order valence-electron chi connectivity index (χ1n) is 6.98. The molecular formula is C16H14F3NO3S. The Labute approximate surface area is 141 Å². The van der Waals surface area contributed by atoms with E-state index in [9.17, 15) is 18.0 Å². The number of hydrogen-bond donors (Lipinski definition) is 0. The van der Waals surface area contributed by atoms with Gasteiger partial charge in [-0.15, -0.1) is 0 Å². The third-order valence-electron chi connectivity index (χ3n) is 2.77. The molecule has 0 spiro atoms. The summed E-state index contributed by atoms with van der Waals surface area (Å²) in [5.74, 6) is 0.115. The number of halogens is 3. The molecule has 1 aromatic heterocycles. The molecule has 2 aromatic rings. The van der Waals surface area contributed by atoms with Gasteiger partial charge in [-0.2, -0.15) is 13.2 Å². The number of alkyl halides is 3. The number of thioether (sulfide) groups is 1. The number of pyridine rings is 1. The van der Waals surface area contributed by atoms with Crippen LogP contribution in [-0.2, 0) is 11.0 Å². The summed E-state index contributed by atoms with van der Waals surface area (Å²) in [5, 5.41) is 0.304. The molecule has 24 heavy (non-hydrogen) atoms. The molecule has 1 aromatic carbocycles. The third-order valence-corrected chi connectivity index (χ3v) is 3.69. The van der Waals surface area contributed by atoms with E-state index in [0.29, 0.717) is 23.1 Å². The maximum absolute atomic E-state index is 12.4. The van der Waals surface area contributed by atoms with E-state index >= 15 is 0 Å². The minimum absolute atomic E-state index is 0.0845. The number of ether oxygens (including phenoxy) is 2. The fourth-order valence-corrected chi connectivity index (χ4v) is 2.34. The number of benzene rings is 1. The lowest BCUT2D eigenvalue weighted by atomic mass is 10.3. The fraction of sp³-hybridized carbons (Fsp3) is 0.250. The Balaban J connectivity index is 1.92. The first-order valence-corrected chi connectivity index (χ1v) is 7.97. The van der Waals surface area contributed by atoms with Crippen LogP contribution in [0.1, 0.15) is 12.5 Å². The van der Waals surface area contributed by atoms with Gasteiger partial charge in [0.1, 0.15) is 0 Å². The summed E-state index contributed by atoms with van der Waals surface area (Å²) in [6.45, 7) is 2.24. The lowest BCUT2D eigenvalue weighted by Gasteiger charge is -2.10. The van der Waals surface area contributed by atoms with Crippen LogP contribution in [0.2, 0.25) is 0 Å².